The van der Waals surface area contributed by atoms with E-state index in [-0.39, 0.29) is 5.91 Å². The van der Waals surface area contributed by atoms with Crippen molar-refractivity contribution >= 4 is 5.91 Å². The summed E-state index contributed by atoms with van der Waals surface area (Å²) in [4.78, 5) is 11.6. The van der Waals surface area contributed by atoms with Gasteiger partial charge in [-0.05, 0) is 18.8 Å². The summed E-state index contributed by atoms with van der Waals surface area (Å²) in [5, 5.41) is 2.98. The number of rotatable bonds is 5. The van der Waals surface area contributed by atoms with Crippen LogP contribution in [0.15, 0.2) is 12.2 Å². The standard InChI is InChI=1S/C13H23NO/c1-3-11(2)7-6-10-14-13(15)12-8-4-5-9-12/h6-7,11-12H,3-5,8-10H2,1-2H3,(H,14,15)/b7-6+. The number of hydrogen-bond acceptors (Lipinski definition) is 1. The van der Waals surface area contributed by atoms with Crippen LogP contribution in [-0.4, -0.2) is 12.5 Å². The van der Waals surface area contributed by atoms with Crippen molar-refractivity contribution in [2.24, 2.45) is 11.8 Å². The molecule has 1 unspecified atom stereocenters. The fraction of sp³-hybridized carbons (Fsp3) is 0.769. The zero-order chi connectivity index (χ0) is 11.1. The van der Waals surface area contributed by atoms with E-state index in [1.54, 1.807) is 0 Å². The molecule has 0 aromatic carbocycles. The number of nitrogens with one attached hydrogen (secondary N) is 1. The Labute approximate surface area is 93.1 Å². The van der Waals surface area contributed by atoms with Crippen molar-refractivity contribution in [2.45, 2.75) is 46.0 Å². The van der Waals surface area contributed by atoms with Crippen molar-refractivity contribution < 1.29 is 4.79 Å². The minimum atomic E-state index is 0.251. The van der Waals surface area contributed by atoms with E-state index in [4.69, 9.17) is 0 Å². The second-order valence-electron chi connectivity index (χ2n) is 4.54. The lowest BCUT2D eigenvalue weighted by Crippen LogP contribution is -2.29. The van der Waals surface area contributed by atoms with Crippen molar-refractivity contribution in [3.8, 4) is 0 Å². The highest BCUT2D eigenvalue weighted by atomic mass is 16.1. The van der Waals surface area contributed by atoms with Gasteiger partial charge in [0.1, 0.15) is 0 Å². The van der Waals surface area contributed by atoms with E-state index in [0.717, 1.165) is 19.3 Å². The van der Waals surface area contributed by atoms with Gasteiger partial charge < -0.3 is 5.32 Å². The van der Waals surface area contributed by atoms with Crippen LogP contribution < -0.4 is 5.32 Å². The molecule has 1 fully saturated rings. The molecular formula is C13H23NO. The molecular weight excluding hydrogens is 186 g/mol. The molecule has 2 nitrogen and oxygen atoms in total. The summed E-state index contributed by atoms with van der Waals surface area (Å²) in [6, 6.07) is 0. The van der Waals surface area contributed by atoms with Gasteiger partial charge in [0.05, 0.1) is 0 Å². The molecule has 0 bridgehead atoms. The number of allylic oxidation sites excluding steroid dienone is 1. The molecule has 0 aliphatic heterocycles. The van der Waals surface area contributed by atoms with Crippen LogP contribution in [0.5, 0.6) is 0 Å². The van der Waals surface area contributed by atoms with Crippen LogP contribution in [0.2, 0.25) is 0 Å². The molecule has 15 heavy (non-hydrogen) atoms. The first kappa shape index (κ1) is 12.3. The molecule has 1 atom stereocenters. The van der Waals surface area contributed by atoms with Crippen molar-refractivity contribution in [3.05, 3.63) is 12.2 Å². The molecule has 2 heteroatoms. The summed E-state index contributed by atoms with van der Waals surface area (Å²) < 4.78 is 0. The fourth-order valence-corrected chi connectivity index (χ4v) is 1.93. The van der Waals surface area contributed by atoms with Crippen LogP contribution in [0.3, 0.4) is 0 Å². The number of carbonyl (C=O) groups excluding carboxylic acids is 1. The zero-order valence-corrected chi connectivity index (χ0v) is 9.96. The Balaban J connectivity index is 2.13. The summed E-state index contributed by atoms with van der Waals surface area (Å²) in [7, 11) is 0. The molecule has 0 aromatic heterocycles. The predicted molar refractivity (Wildman–Crippen MR) is 63.6 cm³/mol. The van der Waals surface area contributed by atoms with Crippen LogP contribution in [0, 0.1) is 11.8 Å². The Morgan fingerprint density at radius 1 is 1.47 bits per heavy atom. The normalized spacial score (nSPS) is 19.6. The molecule has 0 aromatic rings. The molecule has 1 rings (SSSR count). The van der Waals surface area contributed by atoms with Crippen LogP contribution in [0.25, 0.3) is 0 Å². The first-order valence-electron chi connectivity index (χ1n) is 6.18. The number of hydrogen-bond donors (Lipinski definition) is 1. The van der Waals surface area contributed by atoms with Gasteiger partial charge >= 0.3 is 0 Å². The minimum absolute atomic E-state index is 0.251. The summed E-state index contributed by atoms with van der Waals surface area (Å²) >= 11 is 0. The molecule has 1 N–H and O–H groups in total. The third kappa shape index (κ3) is 4.50. The van der Waals surface area contributed by atoms with E-state index in [9.17, 15) is 4.79 Å². The van der Waals surface area contributed by atoms with Crippen LogP contribution >= 0.6 is 0 Å². The molecule has 0 heterocycles. The lowest BCUT2D eigenvalue weighted by molar-refractivity contribution is -0.124. The van der Waals surface area contributed by atoms with Gasteiger partial charge in [-0.1, -0.05) is 45.3 Å². The van der Waals surface area contributed by atoms with E-state index >= 15 is 0 Å². The Bertz CT molecular complexity index is 217. The minimum Gasteiger partial charge on any atom is -0.352 e. The van der Waals surface area contributed by atoms with Crippen molar-refractivity contribution in [3.63, 3.8) is 0 Å². The van der Waals surface area contributed by atoms with E-state index in [0.29, 0.717) is 18.4 Å². The van der Waals surface area contributed by atoms with E-state index in [2.05, 4.69) is 31.3 Å². The zero-order valence-electron chi connectivity index (χ0n) is 9.96. The maximum atomic E-state index is 11.6. The van der Waals surface area contributed by atoms with Gasteiger partial charge in [-0.15, -0.1) is 0 Å². The highest BCUT2D eigenvalue weighted by molar-refractivity contribution is 5.78. The summed E-state index contributed by atoms with van der Waals surface area (Å²) in [6.07, 6.45) is 10.0. The lowest BCUT2D eigenvalue weighted by Gasteiger charge is -2.08. The van der Waals surface area contributed by atoms with Gasteiger partial charge in [0, 0.05) is 12.5 Å². The van der Waals surface area contributed by atoms with E-state index in [1.165, 1.54) is 12.8 Å². The van der Waals surface area contributed by atoms with E-state index in [1.807, 2.05) is 0 Å². The SMILES string of the molecule is CCC(C)/C=C/CNC(=O)C1CCCC1. The fourth-order valence-electron chi connectivity index (χ4n) is 1.93. The van der Waals surface area contributed by atoms with Gasteiger partial charge in [-0.25, -0.2) is 0 Å². The van der Waals surface area contributed by atoms with Gasteiger partial charge in [0.25, 0.3) is 0 Å². The molecule has 1 aliphatic rings. The van der Waals surface area contributed by atoms with Gasteiger partial charge in [-0.2, -0.15) is 0 Å². The van der Waals surface area contributed by atoms with Crippen LogP contribution in [0.1, 0.15) is 46.0 Å². The quantitative estimate of drug-likeness (QED) is 0.693. The molecule has 0 saturated heterocycles. The summed E-state index contributed by atoms with van der Waals surface area (Å²) in [5.74, 6) is 1.16. The smallest absolute Gasteiger partial charge is 0.223 e. The second kappa shape index (κ2) is 6.65. The van der Waals surface area contributed by atoms with Crippen LogP contribution in [-0.2, 0) is 4.79 Å². The third-order valence-electron chi connectivity index (χ3n) is 3.23. The first-order chi connectivity index (χ1) is 7.24. The van der Waals surface area contributed by atoms with Crippen molar-refractivity contribution in [1.29, 1.82) is 0 Å². The Kier molecular flexibility index (Phi) is 5.44. The average molecular weight is 209 g/mol. The molecule has 0 radical (unpaired) electrons. The molecule has 1 aliphatic carbocycles. The average Bonchev–Trinajstić information content (AvgIpc) is 2.77. The van der Waals surface area contributed by atoms with Crippen molar-refractivity contribution in [1.82, 2.24) is 5.32 Å². The first-order valence-corrected chi connectivity index (χ1v) is 6.18. The lowest BCUT2D eigenvalue weighted by atomic mass is 10.1. The Morgan fingerprint density at radius 2 is 2.13 bits per heavy atom. The number of amides is 1. The maximum Gasteiger partial charge on any atom is 0.223 e. The number of carbonyl (C=O) groups is 1. The van der Waals surface area contributed by atoms with Crippen molar-refractivity contribution in [2.75, 3.05) is 6.54 Å². The monoisotopic (exact) mass is 209 g/mol. The molecule has 1 amide bonds. The predicted octanol–water partition coefficient (Wildman–Crippen LogP) is 2.90. The second-order valence-corrected chi connectivity index (χ2v) is 4.54. The maximum absolute atomic E-state index is 11.6. The molecule has 0 spiro atoms. The van der Waals surface area contributed by atoms with Gasteiger partial charge in [0.15, 0.2) is 0 Å². The topological polar surface area (TPSA) is 29.1 Å². The Morgan fingerprint density at radius 3 is 2.73 bits per heavy atom. The third-order valence-corrected chi connectivity index (χ3v) is 3.23. The highest BCUT2D eigenvalue weighted by Crippen LogP contribution is 2.24. The Hall–Kier alpha value is -0.790. The largest absolute Gasteiger partial charge is 0.352 e. The van der Waals surface area contributed by atoms with E-state index < -0.39 is 0 Å². The summed E-state index contributed by atoms with van der Waals surface area (Å²) in [5.41, 5.74) is 0. The highest BCUT2D eigenvalue weighted by Gasteiger charge is 2.21. The van der Waals surface area contributed by atoms with Crippen LogP contribution in [0.4, 0.5) is 0 Å². The summed E-state index contributed by atoms with van der Waals surface area (Å²) in [6.45, 7) is 5.06. The van der Waals surface area contributed by atoms with Gasteiger partial charge in [0.2, 0.25) is 5.91 Å². The van der Waals surface area contributed by atoms with Gasteiger partial charge in [-0.3, -0.25) is 4.79 Å². The molecule has 1 saturated carbocycles. The molecule has 86 valence electrons.